The van der Waals surface area contributed by atoms with Gasteiger partial charge in [0, 0.05) is 6.20 Å². The molecule has 1 aliphatic rings. The first-order chi connectivity index (χ1) is 16.7. The smallest absolute Gasteiger partial charge is 0.343 e. The molecule has 7 heteroatoms. The maximum Gasteiger partial charge on any atom is 0.343 e. The summed E-state index contributed by atoms with van der Waals surface area (Å²) >= 11 is 1.30. The summed E-state index contributed by atoms with van der Waals surface area (Å²) in [5.41, 5.74) is 3.10. The van der Waals surface area contributed by atoms with Crippen molar-refractivity contribution in [3.8, 4) is 5.75 Å². The molecule has 1 amide bonds. The van der Waals surface area contributed by atoms with Gasteiger partial charge in [-0.3, -0.25) is 9.59 Å². The summed E-state index contributed by atoms with van der Waals surface area (Å²) in [5.74, 6) is -0.387. The molecule has 0 N–H and O–H groups in total. The van der Waals surface area contributed by atoms with E-state index in [2.05, 4.69) is 0 Å². The number of hydrogen-bond donors (Lipinski definition) is 0. The van der Waals surface area contributed by atoms with Crippen molar-refractivity contribution in [2.24, 2.45) is 0 Å². The molecule has 1 aliphatic heterocycles. The average molecular weight is 494 g/mol. The molecule has 0 saturated heterocycles. The molecule has 0 spiro atoms. The number of carbonyl (C=O) groups excluding carboxylic acids is 3. The minimum Gasteiger partial charge on any atom is -0.465 e. The van der Waals surface area contributed by atoms with Gasteiger partial charge < -0.3 is 14.4 Å². The van der Waals surface area contributed by atoms with Crippen LogP contribution in [0, 0.1) is 0 Å². The highest BCUT2D eigenvalue weighted by Gasteiger charge is 2.24. The van der Waals surface area contributed by atoms with Crippen molar-refractivity contribution < 1.29 is 23.9 Å². The second-order valence-electron chi connectivity index (χ2n) is 8.74. The quantitative estimate of drug-likeness (QED) is 0.251. The van der Waals surface area contributed by atoms with E-state index in [0.717, 1.165) is 16.7 Å². The summed E-state index contributed by atoms with van der Waals surface area (Å²) in [6.07, 6.45) is 3.40. The molecular weight excluding hydrogens is 462 g/mol. The average Bonchev–Trinajstić information content (AvgIpc) is 2.82. The molecule has 184 valence electrons. The maximum absolute atomic E-state index is 13.0. The predicted octanol–water partition coefficient (Wildman–Crippen LogP) is 6.10. The zero-order valence-corrected chi connectivity index (χ0v) is 21.6. The SMILES string of the molecule is CCOC(=O)CN1C=CS/C(=C\c2cc(C(C)C)c(OC(=O)c3ccccc3)c(C(C)C)c2)C1=O. The van der Waals surface area contributed by atoms with Gasteiger partial charge in [0.2, 0.25) is 0 Å². The first-order valence-electron chi connectivity index (χ1n) is 11.7. The van der Waals surface area contributed by atoms with Crippen LogP contribution in [-0.4, -0.2) is 35.9 Å². The molecule has 0 saturated carbocycles. The van der Waals surface area contributed by atoms with E-state index in [1.54, 1.807) is 42.8 Å². The number of thioether (sulfide) groups is 1. The van der Waals surface area contributed by atoms with Gasteiger partial charge in [0.15, 0.2) is 0 Å². The van der Waals surface area contributed by atoms with Gasteiger partial charge in [-0.15, -0.1) is 0 Å². The fourth-order valence-corrected chi connectivity index (χ4v) is 4.41. The molecule has 0 unspecified atom stereocenters. The monoisotopic (exact) mass is 493 g/mol. The van der Waals surface area contributed by atoms with Crippen LogP contribution in [0.15, 0.2) is 59.0 Å². The van der Waals surface area contributed by atoms with Crippen LogP contribution in [0.5, 0.6) is 5.75 Å². The van der Waals surface area contributed by atoms with E-state index < -0.39 is 11.9 Å². The Morgan fingerprint density at radius 2 is 1.66 bits per heavy atom. The lowest BCUT2D eigenvalue weighted by Gasteiger charge is -2.23. The highest BCUT2D eigenvalue weighted by atomic mass is 32.2. The Hall–Kier alpha value is -3.32. The zero-order chi connectivity index (χ0) is 25.5. The maximum atomic E-state index is 13.0. The summed E-state index contributed by atoms with van der Waals surface area (Å²) in [6, 6.07) is 12.8. The molecule has 0 bridgehead atoms. The number of rotatable bonds is 8. The van der Waals surface area contributed by atoms with E-state index in [-0.39, 0.29) is 30.9 Å². The Kier molecular flexibility index (Phi) is 8.93. The standard InChI is InChI=1S/C28H31NO5S/c1-6-33-25(30)17-29-12-13-35-24(27(29)31)16-20-14-22(18(2)3)26(23(15-20)19(4)5)34-28(32)21-10-8-7-9-11-21/h7-16,18-19H,6,17H2,1-5H3/b24-16-. The Morgan fingerprint density at radius 3 is 2.23 bits per heavy atom. The fourth-order valence-electron chi connectivity index (χ4n) is 3.64. The first-order valence-corrected chi connectivity index (χ1v) is 12.6. The Morgan fingerprint density at radius 1 is 1.03 bits per heavy atom. The summed E-state index contributed by atoms with van der Waals surface area (Å²) < 4.78 is 10.9. The van der Waals surface area contributed by atoms with Crippen LogP contribution in [-0.2, 0) is 14.3 Å². The predicted molar refractivity (Wildman–Crippen MR) is 139 cm³/mol. The second-order valence-corrected chi connectivity index (χ2v) is 9.69. The summed E-state index contributed by atoms with van der Waals surface area (Å²) in [6.45, 7) is 10.0. The van der Waals surface area contributed by atoms with Gasteiger partial charge in [0.05, 0.1) is 17.1 Å². The third-order valence-corrected chi connectivity index (χ3v) is 6.23. The number of nitrogens with zero attached hydrogens (tertiary/aromatic N) is 1. The van der Waals surface area contributed by atoms with Crippen LogP contribution >= 0.6 is 11.8 Å². The Labute approximate surface area is 211 Å². The molecular formula is C28H31NO5S. The number of amides is 1. The molecule has 3 rings (SSSR count). The van der Waals surface area contributed by atoms with Crippen LogP contribution in [0.4, 0.5) is 0 Å². The number of ether oxygens (including phenoxy) is 2. The normalized spacial score (nSPS) is 14.7. The van der Waals surface area contributed by atoms with Crippen molar-refractivity contribution in [3.63, 3.8) is 0 Å². The van der Waals surface area contributed by atoms with Crippen molar-refractivity contribution in [2.45, 2.75) is 46.5 Å². The van der Waals surface area contributed by atoms with Crippen molar-refractivity contribution in [2.75, 3.05) is 13.2 Å². The molecule has 0 atom stereocenters. The first kappa shape index (κ1) is 26.3. The highest BCUT2D eigenvalue weighted by molar-refractivity contribution is 8.06. The summed E-state index contributed by atoms with van der Waals surface area (Å²) in [7, 11) is 0. The minimum atomic E-state index is -0.453. The van der Waals surface area contributed by atoms with Gasteiger partial charge in [-0.05, 0) is 71.2 Å². The van der Waals surface area contributed by atoms with E-state index in [1.807, 2.05) is 52.0 Å². The van der Waals surface area contributed by atoms with Crippen LogP contribution in [0.25, 0.3) is 6.08 Å². The lowest BCUT2D eigenvalue weighted by atomic mass is 9.91. The lowest BCUT2D eigenvalue weighted by molar-refractivity contribution is -0.146. The van der Waals surface area contributed by atoms with Crippen LogP contribution in [0.2, 0.25) is 0 Å². The number of hydrogen-bond acceptors (Lipinski definition) is 6. The second kappa shape index (κ2) is 11.9. The third kappa shape index (κ3) is 6.63. The van der Waals surface area contributed by atoms with Gasteiger partial charge in [0.25, 0.3) is 5.91 Å². The van der Waals surface area contributed by atoms with Gasteiger partial charge in [-0.1, -0.05) is 57.7 Å². The van der Waals surface area contributed by atoms with Crippen molar-refractivity contribution in [1.29, 1.82) is 0 Å². The van der Waals surface area contributed by atoms with Gasteiger partial charge in [-0.25, -0.2) is 4.79 Å². The van der Waals surface area contributed by atoms with E-state index in [1.165, 1.54) is 16.7 Å². The summed E-state index contributed by atoms with van der Waals surface area (Å²) in [4.78, 5) is 39.5. The minimum absolute atomic E-state index is 0.0827. The van der Waals surface area contributed by atoms with Crippen LogP contribution in [0.3, 0.4) is 0 Å². The molecule has 0 fully saturated rings. The lowest BCUT2D eigenvalue weighted by Crippen LogP contribution is -2.33. The number of carbonyl (C=O) groups is 3. The molecule has 1 heterocycles. The molecule has 2 aromatic carbocycles. The summed E-state index contributed by atoms with van der Waals surface area (Å²) in [5, 5.41) is 1.77. The third-order valence-electron chi connectivity index (χ3n) is 5.43. The molecule has 35 heavy (non-hydrogen) atoms. The van der Waals surface area contributed by atoms with Crippen molar-refractivity contribution >= 4 is 35.7 Å². The highest BCUT2D eigenvalue weighted by Crippen LogP contribution is 2.38. The molecule has 0 aromatic heterocycles. The van der Waals surface area contributed by atoms with Gasteiger partial charge >= 0.3 is 11.9 Å². The topological polar surface area (TPSA) is 72.9 Å². The van der Waals surface area contributed by atoms with Gasteiger partial charge in [-0.2, -0.15) is 0 Å². The fraction of sp³-hybridized carbons (Fsp3) is 0.321. The number of benzene rings is 2. The molecule has 0 radical (unpaired) electrons. The Bertz CT molecular complexity index is 1120. The number of esters is 2. The van der Waals surface area contributed by atoms with E-state index >= 15 is 0 Å². The Balaban J connectivity index is 1.97. The zero-order valence-electron chi connectivity index (χ0n) is 20.7. The molecule has 6 nitrogen and oxygen atoms in total. The molecule has 0 aliphatic carbocycles. The van der Waals surface area contributed by atoms with E-state index in [9.17, 15) is 14.4 Å². The van der Waals surface area contributed by atoms with E-state index in [4.69, 9.17) is 9.47 Å². The van der Waals surface area contributed by atoms with Crippen molar-refractivity contribution in [1.82, 2.24) is 4.90 Å². The van der Waals surface area contributed by atoms with Crippen LogP contribution in [0.1, 0.15) is 73.5 Å². The molecule has 2 aromatic rings. The largest absolute Gasteiger partial charge is 0.465 e. The van der Waals surface area contributed by atoms with Crippen molar-refractivity contribution in [3.05, 3.63) is 81.2 Å². The van der Waals surface area contributed by atoms with Gasteiger partial charge in [0.1, 0.15) is 12.3 Å². The van der Waals surface area contributed by atoms with Crippen LogP contribution < -0.4 is 4.74 Å². The van der Waals surface area contributed by atoms with E-state index in [0.29, 0.717) is 16.2 Å².